The summed E-state index contributed by atoms with van der Waals surface area (Å²) in [6.07, 6.45) is 0.765. The molecule has 0 aliphatic heterocycles. The second kappa shape index (κ2) is 4.74. The van der Waals surface area contributed by atoms with Gasteiger partial charge in [-0.2, -0.15) is 0 Å². The van der Waals surface area contributed by atoms with E-state index in [0.29, 0.717) is 13.0 Å². The number of hydrogen-bond acceptors (Lipinski definition) is 1. The van der Waals surface area contributed by atoms with Crippen LogP contribution in [0.3, 0.4) is 0 Å². The minimum atomic E-state index is -0.659. The van der Waals surface area contributed by atoms with E-state index in [9.17, 15) is 4.39 Å². The lowest BCUT2D eigenvalue weighted by atomic mass is 10.0. The van der Waals surface area contributed by atoms with Crippen molar-refractivity contribution in [3.63, 3.8) is 0 Å². The minimum Gasteiger partial charge on any atom is -0.330 e. The molecule has 1 atom stereocenters. The van der Waals surface area contributed by atoms with Gasteiger partial charge in [0.1, 0.15) is 6.17 Å². The molecule has 0 rings (SSSR count). The maximum absolute atomic E-state index is 12.7. The van der Waals surface area contributed by atoms with E-state index < -0.39 is 6.17 Å². The Bertz CT molecular complexity index is 63.9. The van der Waals surface area contributed by atoms with Gasteiger partial charge in [-0.1, -0.05) is 13.8 Å². The Morgan fingerprint density at radius 3 is 2.33 bits per heavy atom. The molecule has 0 saturated carbocycles. The van der Waals surface area contributed by atoms with Crippen LogP contribution in [0.5, 0.6) is 0 Å². The molecule has 0 heterocycles. The first kappa shape index (κ1) is 8.89. The van der Waals surface area contributed by atoms with Crippen LogP contribution in [-0.4, -0.2) is 12.7 Å². The minimum absolute atomic E-state index is 0.150. The Hall–Kier alpha value is -0.110. The van der Waals surface area contributed by atoms with Gasteiger partial charge in [-0.15, -0.1) is 0 Å². The monoisotopic (exact) mass is 133 g/mol. The van der Waals surface area contributed by atoms with E-state index in [1.54, 1.807) is 0 Å². The molecule has 0 bridgehead atoms. The van der Waals surface area contributed by atoms with Crippen LogP contribution in [0.2, 0.25) is 0 Å². The molecule has 1 nitrogen and oxygen atoms in total. The molecule has 0 aliphatic carbocycles. The topological polar surface area (TPSA) is 26.0 Å². The molecule has 1 unspecified atom stereocenters. The fourth-order valence-electron chi connectivity index (χ4n) is 0.646. The van der Waals surface area contributed by atoms with E-state index in [-0.39, 0.29) is 5.92 Å². The quantitative estimate of drug-likeness (QED) is 0.621. The van der Waals surface area contributed by atoms with Gasteiger partial charge in [0.2, 0.25) is 0 Å². The van der Waals surface area contributed by atoms with Gasteiger partial charge in [0.25, 0.3) is 0 Å². The smallest absolute Gasteiger partial charge is 0.102 e. The first-order chi connectivity index (χ1) is 4.18. The number of nitrogens with two attached hydrogens (primary N) is 1. The van der Waals surface area contributed by atoms with E-state index in [0.717, 1.165) is 6.42 Å². The van der Waals surface area contributed by atoms with Gasteiger partial charge in [0.05, 0.1) is 0 Å². The first-order valence-corrected chi connectivity index (χ1v) is 3.52. The number of alkyl halides is 1. The number of halogens is 1. The molecule has 2 heteroatoms. The molecule has 0 radical (unpaired) electrons. The fourth-order valence-corrected chi connectivity index (χ4v) is 0.646. The van der Waals surface area contributed by atoms with E-state index in [1.807, 2.05) is 13.8 Å². The van der Waals surface area contributed by atoms with Crippen molar-refractivity contribution in [2.75, 3.05) is 6.54 Å². The zero-order valence-electron chi connectivity index (χ0n) is 6.23. The lowest BCUT2D eigenvalue weighted by Crippen LogP contribution is -2.11. The Morgan fingerprint density at radius 1 is 1.44 bits per heavy atom. The molecule has 0 aromatic carbocycles. The lowest BCUT2D eigenvalue weighted by Gasteiger charge is -2.09. The van der Waals surface area contributed by atoms with Crippen LogP contribution in [0.1, 0.15) is 26.7 Å². The molecule has 56 valence electrons. The summed E-state index contributed by atoms with van der Waals surface area (Å²) in [6.45, 7) is 4.38. The van der Waals surface area contributed by atoms with E-state index >= 15 is 0 Å². The highest BCUT2D eigenvalue weighted by Crippen LogP contribution is 2.11. The largest absolute Gasteiger partial charge is 0.330 e. The molecule has 0 aromatic rings. The van der Waals surface area contributed by atoms with Crippen LogP contribution in [0.4, 0.5) is 4.39 Å². The van der Waals surface area contributed by atoms with Gasteiger partial charge in [0.15, 0.2) is 0 Å². The number of rotatable bonds is 4. The highest BCUT2D eigenvalue weighted by Gasteiger charge is 2.09. The second-order valence-corrected chi connectivity index (χ2v) is 2.69. The summed E-state index contributed by atoms with van der Waals surface area (Å²) in [4.78, 5) is 0. The van der Waals surface area contributed by atoms with Crippen LogP contribution < -0.4 is 5.73 Å². The average Bonchev–Trinajstić information content (AvgIpc) is 1.82. The summed E-state index contributed by atoms with van der Waals surface area (Å²) in [7, 11) is 0. The predicted octanol–water partition coefficient (Wildman–Crippen LogP) is 1.72. The average molecular weight is 133 g/mol. The second-order valence-electron chi connectivity index (χ2n) is 2.69. The van der Waals surface area contributed by atoms with Crippen molar-refractivity contribution in [3.05, 3.63) is 0 Å². The molecule has 9 heavy (non-hydrogen) atoms. The molecule has 0 aromatic heterocycles. The maximum atomic E-state index is 12.7. The third-order valence-electron chi connectivity index (χ3n) is 1.41. The molecule has 0 aliphatic rings. The Kier molecular flexibility index (Phi) is 4.68. The molecule has 2 N–H and O–H groups in total. The highest BCUT2D eigenvalue weighted by molar-refractivity contribution is 4.59. The summed E-state index contributed by atoms with van der Waals surface area (Å²) in [5.41, 5.74) is 5.21. The van der Waals surface area contributed by atoms with Gasteiger partial charge in [-0.3, -0.25) is 0 Å². The Balaban J connectivity index is 3.16. The van der Waals surface area contributed by atoms with Crippen LogP contribution in [0.25, 0.3) is 0 Å². The van der Waals surface area contributed by atoms with Gasteiger partial charge < -0.3 is 5.73 Å². The van der Waals surface area contributed by atoms with Crippen molar-refractivity contribution in [2.24, 2.45) is 11.7 Å². The Morgan fingerprint density at radius 2 is 2.00 bits per heavy atom. The van der Waals surface area contributed by atoms with Crippen LogP contribution in [0, 0.1) is 5.92 Å². The summed E-state index contributed by atoms with van der Waals surface area (Å²) in [5, 5.41) is 0. The zero-order chi connectivity index (χ0) is 7.28. The molecule has 0 amide bonds. The number of hydrogen-bond donors (Lipinski definition) is 1. The summed E-state index contributed by atoms with van der Waals surface area (Å²) in [6, 6.07) is 0. The zero-order valence-corrected chi connectivity index (χ0v) is 6.23. The van der Waals surface area contributed by atoms with E-state index in [4.69, 9.17) is 5.73 Å². The van der Waals surface area contributed by atoms with E-state index in [2.05, 4.69) is 0 Å². The molecule has 0 saturated heterocycles. The molecular formula is C7H16FN. The van der Waals surface area contributed by atoms with E-state index in [1.165, 1.54) is 0 Å². The van der Waals surface area contributed by atoms with Crippen LogP contribution in [0.15, 0.2) is 0 Å². The van der Waals surface area contributed by atoms with Crippen molar-refractivity contribution in [1.82, 2.24) is 0 Å². The Labute approximate surface area is 56.4 Å². The lowest BCUT2D eigenvalue weighted by molar-refractivity contribution is 0.237. The van der Waals surface area contributed by atoms with Crippen molar-refractivity contribution in [3.8, 4) is 0 Å². The fraction of sp³-hybridized carbons (Fsp3) is 1.00. The van der Waals surface area contributed by atoms with Gasteiger partial charge >= 0.3 is 0 Å². The first-order valence-electron chi connectivity index (χ1n) is 3.52. The summed E-state index contributed by atoms with van der Waals surface area (Å²) in [5.74, 6) is 0.150. The predicted molar refractivity (Wildman–Crippen MR) is 38.0 cm³/mol. The van der Waals surface area contributed by atoms with Crippen LogP contribution >= 0.6 is 0 Å². The summed E-state index contributed by atoms with van der Waals surface area (Å²) < 4.78 is 12.7. The molecule has 0 spiro atoms. The third kappa shape index (κ3) is 4.40. The molecule has 0 fully saturated rings. The standard InChI is InChI=1S/C7H16FN/c1-6(2)7(8)4-3-5-9/h6-7H,3-5,9H2,1-2H3. The van der Waals surface area contributed by atoms with Crippen molar-refractivity contribution in [1.29, 1.82) is 0 Å². The summed E-state index contributed by atoms with van der Waals surface area (Å²) >= 11 is 0. The SMILES string of the molecule is CC(C)C(F)CCCN. The normalized spacial score (nSPS) is 14.3. The highest BCUT2D eigenvalue weighted by atomic mass is 19.1. The maximum Gasteiger partial charge on any atom is 0.102 e. The van der Waals surface area contributed by atoms with Crippen molar-refractivity contribution in [2.45, 2.75) is 32.9 Å². The van der Waals surface area contributed by atoms with Crippen molar-refractivity contribution < 1.29 is 4.39 Å². The third-order valence-corrected chi connectivity index (χ3v) is 1.41. The molecular weight excluding hydrogens is 117 g/mol. The van der Waals surface area contributed by atoms with Gasteiger partial charge in [-0.25, -0.2) is 4.39 Å². The van der Waals surface area contributed by atoms with Crippen molar-refractivity contribution >= 4 is 0 Å². The van der Waals surface area contributed by atoms with Crippen LogP contribution in [-0.2, 0) is 0 Å². The van der Waals surface area contributed by atoms with Gasteiger partial charge in [-0.05, 0) is 25.3 Å². The van der Waals surface area contributed by atoms with Gasteiger partial charge in [0, 0.05) is 0 Å².